The minimum Gasteiger partial charge on any atom is -0.329 e. The van der Waals surface area contributed by atoms with Crippen LogP contribution in [0, 0.1) is 13.8 Å². The molecule has 3 heteroatoms. The van der Waals surface area contributed by atoms with Crippen LogP contribution >= 0.6 is 0 Å². The van der Waals surface area contributed by atoms with Crippen molar-refractivity contribution in [2.45, 2.75) is 33.6 Å². The first-order valence-corrected chi connectivity index (χ1v) is 6.55. The van der Waals surface area contributed by atoms with Crippen LogP contribution in [-0.2, 0) is 7.05 Å². The molecule has 19 heavy (non-hydrogen) atoms. The van der Waals surface area contributed by atoms with E-state index in [1.165, 1.54) is 5.56 Å². The van der Waals surface area contributed by atoms with Crippen LogP contribution in [-0.4, -0.2) is 15.8 Å². The van der Waals surface area contributed by atoms with Gasteiger partial charge in [0.1, 0.15) is 11.5 Å². The van der Waals surface area contributed by atoms with Gasteiger partial charge in [0.05, 0.1) is 5.69 Å². The van der Waals surface area contributed by atoms with Crippen molar-refractivity contribution >= 4 is 6.29 Å². The van der Waals surface area contributed by atoms with E-state index in [1.807, 2.05) is 18.5 Å². The predicted octanol–water partition coefficient (Wildman–Crippen LogP) is 3.64. The van der Waals surface area contributed by atoms with E-state index in [1.54, 1.807) is 0 Å². The highest BCUT2D eigenvalue weighted by Gasteiger charge is 2.16. The average Bonchev–Trinajstić information content (AvgIpc) is 2.65. The molecule has 0 aliphatic carbocycles. The summed E-state index contributed by atoms with van der Waals surface area (Å²) in [6, 6.07) is 6.39. The van der Waals surface area contributed by atoms with E-state index in [4.69, 9.17) is 0 Å². The van der Waals surface area contributed by atoms with E-state index >= 15 is 0 Å². The van der Waals surface area contributed by atoms with Crippen LogP contribution in [0.15, 0.2) is 18.2 Å². The highest BCUT2D eigenvalue weighted by Crippen LogP contribution is 2.29. The Labute approximate surface area is 114 Å². The molecule has 0 aliphatic heterocycles. The molecule has 0 unspecified atom stereocenters. The fourth-order valence-electron chi connectivity index (χ4n) is 2.21. The van der Waals surface area contributed by atoms with E-state index < -0.39 is 0 Å². The summed E-state index contributed by atoms with van der Waals surface area (Å²) in [7, 11) is 1.87. The normalized spacial score (nSPS) is 11.1. The van der Waals surface area contributed by atoms with E-state index in [0.717, 1.165) is 28.9 Å². The molecule has 2 rings (SSSR count). The maximum atomic E-state index is 11.3. The molecule has 3 nitrogen and oxygen atoms in total. The first-order chi connectivity index (χ1) is 8.95. The summed E-state index contributed by atoms with van der Waals surface area (Å²) in [5, 5.41) is 0. The first kappa shape index (κ1) is 13.5. The fraction of sp³-hybridized carbons (Fsp3) is 0.375. The lowest BCUT2D eigenvalue weighted by Crippen LogP contribution is -1.98. The van der Waals surface area contributed by atoms with Crippen molar-refractivity contribution in [2.75, 3.05) is 0 Å². The third kappa shape index (κ3) is 2.33. The Morgan fingerprint density at radius 1 is 1.26 bits per heavy atom. The van der Waals surface area contributed by atoms with E-state index in [0.29, 0.717) is 11.6 Å². The van der Waals surface area contributed by atoms with Crippen LogP contribution in [0.2, 0.25) is 0 Å². The van der Waals surface area contributed by atoms with Crippen molar-refractivity contribution in [3.05, 3.63) is 40.8 Å². The summed E-state index contributed by atoms with van der Waals surface area (Å²) in [6.45, 7) is 8.30. The van der Waals surface area contributed by atoms with Gasteiger partial charge >= 0.3 is 0 Å². The molecule has 2 aromatic rings. The lowest BCUT2D eigenvalue weighted by Gasteiger charge is -2.10. The number of rotatable bonds is 3. The SMILES string of the molecule is Cc1ccc(C(C)C)cc1-c1nc(C)n(C)c1C=O. The summed E-state index contributed by atoms with van der Waals surface area (Å²) in [5.74, 6) is 1.32. The van der Waals surface area contributed by atoms with E-state index in [-0.39, 0.29) is 0 Å². The second-order valence-corrected chi connectivity index (χ2v) is 5.30. The molecule has 1 aromatic carbocycles. The summed E-state index contributed by atoms with van der Waals surface area (Å²) < 4.78 is 1.84. The van der Waals surface area contributed by atoms with Gasteiger partial charge in [0.25, 0.3) is 0 Å². The smallest absolute Gasteiger partial charge is 0.168 e. The zero-order valence-electron chi connectivity index (χ0n) is 12.2. The number of aromatic nitrogens is 2. The standard InChI is InChI=1S/C16H20N2O/c1-10(2)13-7-6-11(3)14(8-13)16-15(9-19)18(5)12(4)17-16/h6-10H,1-5H3. The third-order valence-electron chi connectivity index (χ3n) is 3.66. The van der Waals surface area contributed by atoms with Crippen LogP contribution in [0.4, 0.5) is 0 Å². The highest BCUT2D eigenvalue weighted by atomic mass is 16.1. The Hall–Kier alpha value is -1.90. The second-order valence-electron chi connectivity index (χ2n) is 5.30. The van der Waals surface area contributed by atoms with Crippen LogP contribution in [0.3, 0.4) is 0 Å². The Kier molecular flexibility index (Phi) is 3.56. The molecule has 0 saturated heterocycles. The van der Waals surface area contributed by atoms with Gasteiger partial charge in [-0.2, -0.15) is 0 Å². The van der Waals surface area contributed by atoms with Crippen molar-refractivity contribution in [1.29, 1.82) is 0 Å². The molecule has 1 aromatic heterocycles. The number of imidazole rings is 1. The summed E-state index contributed by atoms with van der Waals surface area (Å²) in [4.78, 5) is 15.8. The molecular weight excluding hydrogens is 236 g/mol. The molecule has 0 amide bonds. The van der Waals surface area contributed by atoms with Crippen molar-refractivity contribution in [3.8, 4) is 11.3 Å². The maximum Gasteiger partial charge on any atom is 0.168 e. The molecule has 1 heterocycles. The number of hydrogen-bond donors (Lipinski definition) is 0. The van der Waals surface area contributed by atoms with Crippen molar-refractivity contribution in [2.24, 2.45) is 7.05 Å². The van der Waals surface area contributed by atoms with Gasteiger partial charge in [-0.15, -0.1) is 0 Å². The Bertz CT molecular complexity index is 624. The number of aryl methyl sites for hydroxylation is 2. The van der Waals surface area contributed by atoms with Gasteiger partial charge < -0.3 is 4.57 Å². The zero-order chi connectivity index (χ0) is 14.2. The zero-order valence-corrected chi connectivity index (χ0v) is 12.2. The molecule has 0 spiro atoms. The average molecular weight is 256 g/mol. The molecule has 0 atom stereocenters. The molecule has 0 aliphatic rings. The largest absolute Gasteiger partial charge is 0.329 e. The number of aldehydes is 1. The Balaban J connectivity index is 2.67. The number of nitrogens with zero attached hydrogens (tertiary/aromatic N) is 2. The molecule has 0 bridgehead atoms. The lowest BCUT2D eigenvalue weighted by atomic mass is 9.96. The third-order valence-corrected chi connectivity index (χ3v) is 3.66. The van der Waals surface area contributed by atoms with Crippen molar-refractivity contribution in [1.82, 2.24) is 9.55 Å². The summed E-state index contributed by atoms with van der Waals surface area (Å²) in [5.41, 5.74) is 4.89. The number of benzene rings is 1. The fourth-order valence-corrected chi connectivity index (χ4v) is 2.21. The number of carbonyl (C=O) groups is 1. The van der Waals surface area contributed by atoms with Crippen LogP contribution in [0.5, 0.6) is 0 Å². The number of hydrogen-bond acceptors (Lipinski definition) is 2. The van der Waals surface area contributed by atoms with Crippen molar-refractivity contribution < 1.29 is 4.79 Å². The van der Waals surface area contributed by atoms with Crippen LogP contribution in [0.25, 0.3) is 11.3 Å². The topological polar surface area (TPSA) is 34.9 Å². The van der Waals surface area contributed by atoms with Gasteiger partial charge in [-0.1, -0.05) is 26.0 Å². The highest BCUT2D eigenvalue weighted by molar-refractivity contribution is 5.85. The monoisotopic (exact) mass is 256 g/mol. The summed E-state index contributed by atoms with van der Waals surface area (Å²) >= 11 is 0. The van der Waals surface area contributed by atoms with Crippen molar-refractivity contribution in [3.63, 3.8) is 0 Å². The number of carbonyl (C=O) groups excluding carboxylic acids is 1. The van der Waals surface area contributed by atoms with Gasteiger partial charge in [0, 0.05) is 12.6 Å². The second kappa shape index (κ2) is 5.00. The first-order valence-electron chi connectivity index (χ1n) is 6.55. The maximum absolute atomic E-state index is 11.3. The van der Waals surface area contributed by atoms with E-state index in [9.17, 15) is 4.79 Å². The van der Waals surface area contributed by atoms with Crippen LogP contribution in [0.1, 0.15) is 47.2 Å². The van der Waals surface area contributed by atoms with Gasteiger partial charge in [-0.25, -0.2) is 4.98 Å². The van der Waals surface area contributed by atoms with Gasteiger partial charge in [-0.3, -0.25) is 4.79 Å². The Morgan fingerprint density at radius 2 is 1.95 bits per heavy atom. The minimum absolute atomic E-state index is 0.462. The minimum atomic E-state index is 0.462. The van der Waals surface area contributed by atoms with E-state index in [2.05, 4.69) is 44.0 Å². The lowest BCUT2D eigenvalue weighted by molar-refractivity contribution is 0.111. The molecule has 0 radical (unpaired) electrons. The van der Waals surface area contributed by atoms with Crippen LogP contribution < -0.4 is 0 Å². The predicted molar refractivity (Wildman–Crippen MR) is 77.6 cm³/mol. The molecule has 100 valence electrons. The van der Waals surface area contributed by atoms with Gasteiger partial charge in [-0.05, 0) is 37.0 Å². The summed E-state index contributed by atoms with van der Waals surface area (Å²) in [6.07, 6.45) is 0.886. The van der Waals surface area contributed by atoms with Gasteiger partial charge in [0.15, 0.2) is 6.29 Å². The molecular formula is C16H20N2O. The van der Waals surface area contributed by atoms with Gasteiger partial charge in [0.2, 0.25) is 0 Å². The molecule has 0 N–H and O–H groups in total. The molecule has 0 saturated carbocycles. The molecule has 0 fully saturated rings. The quantitative estimate of drug-likeness (QED) is 0.786. The Morgan fingerprint density at radius 3 is 2.53 bits per heavy atom.